The monoisotopic (exact) mass is 254 g/mol. The predicted octanol–water partition coefficient (Wildman–Crippen LogP) is 2.58. The van der Waals surface area contributed by atoms with Crippen LogP contribution in [-0.4, -0.2) is 20.6 Å². The maximum Gasteiger partial charge on any atom is 0.355 e. The summed E-state index contributed by atoms with van der Waals surface area (Å²) in [5.41, 5.74) is 0.354. The first-order chi connectivity index (χ1) is 8.00. The zero-order chi connectivity index (χ0) is 12.6. The first kappa shape index (κ1) is 11.6. The quantitative estimate of drug-likeness (QED) is 0.896. The van der Waals surface area contributed by atoms with Crippen molar-refractivity contribution in [2.45, 2.75) is 0 Å². The second kappa shape index (κ2) is 4.18. The van der Waals surface area contributed by atoms with Gasteiger partial charge in [-0.1, -0.05) is 23.7 Å². The molecule has 1 heterocycles. The van der Waals surface area contributed by atoms with Gasteiger partial charge in [0, 0.05) is 12.6 Å². The van der Waals surface area contributed by atoms with Gasteiger partial charge >= 0.3 is 5.97 Å². The summed E-state index contributed by atoms with van der Waals surface area (Å²) in [6.45, 7) is 0. The Bertz CT molecular complexity index is 595. The molecule has 17 heavy (non-hydrogen) atoms. The van der Waals surface area contributed by atoms with Gasteiger partial charge in [0.2, 0.25) is 0 Å². The smallest absolute Gasteiger partial charge is 0.355 e. The molecule has 0 spiro atoms. The van der Waals surface area contributed by atoms with Gasteiger partial charge in [0.25, 0.3) is 0 Å². The van der Waals surface area contributed by atoms with E-state index in [0.717, 1.165) is 0 Å². The number of hydrogen-bond donors (Lipinski definition) is 1. The van der Waals surface area contributed by atoms with Gasteiger partial charge < -0.3 is 9.67 Å². The molecule has 1 aromatic heterocycles. The van der Waals surface area contributed by atoms with Crippen LogP contribution in [0.5, 0.6) is 0 Å². The first-order valence-corrected chi connectivity index (χ1v) is 5.10. The molecule has 0 aliphatic carbocycles. The van der Waals surface area contributed by atoms with Crippen LogP contribution in [0.4, 0.5) is 4.39 Å². The van der Waals surface area contributed by atoms with Gasteiger partial charge in [-0.25, -0.2) is 14.2 Å². The van der Waals surface area contributed by atoms with Crippen LogP contribution < -0.4 is 0 Å². The van der Waals surface area contributed by atoms with Gasteiger partial charge in [-0.05, 0) is 12.1 Å². The van der Waals surface area contributed by atoms with Crippen LogP contribution in [0, 0.1) is 5.82 Å². The van der Waals surface area contributed by atoms with E-state index in [1.165, 1.54) is 29.8 Å². The summed E-state index contributed by atoms with van der Waals surface area (Å²) in [6.07, 6.45) is 0. The van der Waals surface area contributed by atoms with E-state index in [1.54, 1.807) is 6.07 Å². The minimum Gasteiger partial charge on any atom is -0.476 e. The van der Waals surface area contributed by atoms with Crippen LogP contribution in [0.15, 0.2) is 24.3 Å². The molecule has 0 atom stereocenters. The molecule has 0 radical (unpaired) electrons. The van der Waals surface area contributed by atoms with Gasteiger partial charge in [-0.15, -0.1) is 0 Å². The van der Waals surface area contributed by atoms with E-state index in [9.17, 15) is 9.18 Å². The number of aromatic carboxylic acids is 1. The zero-order valence-electron chi connectivity index (χ0n) is 8.82. The third kappa shape index (κ3) is 2.01. The largest absolute Gasteiger partial charge is 0.476 e. The van der Waals surface area contributed by atoms with Crippen molar-refractivity contribution < 1.29 is 14.3 Å². The Morgan fingerprint density at radius 3 is 2.76 bits per heavy atom. The molecule has 2 aromatic rings. The lowest BCUT2D eigenvalue weighted by Crippen LogP contribution is -2.05. The first-order valence-electron chi connectivity index (χ1n) is 4.72. The van der Waals surface area contributed by atoms with E-state index < -0.39 is 11.8 Å². The SMILES string of the molecule is Cn1c(-c2cccc(F)c2)nc(Cl)c1C(=O)O. The lowest BCUT2D eigenvalue weighted by Gasteiger charge is -2.03. The van der Waals surface area contributed by atoms with Crippen molar-refractivity contribution in [1.29, 1.82) is 0 Å². The minimum atomic E-state index is -1.17. The van der Waals surface area contributed by atoms with Crippen molar-refractivity contribution in [3.63, 3.8) is 0 Å². The highest BCUT2D eigenvalue weighted by Crippen LogP contribution is 2.24. The second-order valence-corrected chi connectivity index (χ2v) is 3.81. The van der Waals surface area contributed by atoms with Crippen LogP contribution in [0.25, 0.3) is 11.4 Å². The summed E-state index contributed by atoms with van der Waals surface area (Å²) >= 11 is 5.73. The number of carboxylic acid groups (broad SMARTS) is 1. The topological polar surface area (TPSA) is 55.1 Å². The minimum absolute atomic E-state index is 0.112. The second-order valence-electron chi connectivity index (χ2n) is 3.45. The highest BCUT2D eigenvalue weighted by Gasteiger charge is 2.19. The third-order valence-corrected chi connectivity index (χ3v) is 2.60. The number of imidazole rings is 1. The van der Waals surface area contributed by atoms with Crippen molar-refractivity contribution in [1.82, 2.24) is 9.55 Å². The zero-order valence-corrected chi connectivity index (χ0v) is 9.57. The molecule has 1 aromatic carbocycles. The maximum atomic E-state index is 13.1. The third-order valence-electron chi connectivity index (χ3n) is 2.34. The van der Waals surface area contributed by atoms with E-state index in [1.807, 2.05) is 0 Å². The van der Waals surface area contributed by atoms with Crippen molar-refractivity contribution >= 4 is 17.6 Å². The summed E-state index contributed by atoms with van der Waals surface area (Å²) in [5.74, 6) is -1.28. The average Bonchev–Trinajstić information content (AvgIpc) is 2.54. The average molecular weight is 255 g/mol. The number of nitrogens with zero attached hydrogens (tertiary/aromatic N) is 2. The van der Waals surface area contributed by atoms with Gasteiger partial charge in [-0.2, -0.15) is 0 Å². The fourth-order valence-corrected chi connectivity index (χ4v) is 1.87. The van der Waals surface area contributed by atoms with Gasteiger partial charge in [0.1, 0.15) is 11.6 Å². The molecule has 6 heteroatoms. The molecule has 0 unspecified atom stereocenters. The number of halogens is 2. The van der Waals surface area contributed by atoms with E-state index in [2.05, 4.69) is 4.98 Å². The van der Waals surface area contributed by atoms with E-state index in [-0.39, 0.29) is 10.8 Å². The Labute approximate surface area is 101 Å². The fraction of sp³-hybridized carbons (Fsp3) is 0.0909. The molecule has 2 rings (SSSR count). The van der Waals surface area contributed by atoms with Crippen LogP contribution >= 0.6 is 11.6 Å². The molecule has 4 nitrogen and oxygen atoms in total. The molecule has 0 amide bonds. The summed E-state index contributed by atoms with van der Waals surface area (Å²) in [5, 5.41) is 8.83. The van der Waals surface area contributed by atoms with Crippen LogP contribution in [0.3, 0.4) is 0 Å². The van der Waals surface area contributed by atoms with Crippen LogP contribution in [0.2, 0.25) is 5.15 Å². The van der Waals surface area contributed by atoms with Crippen LogP contribution in [0.1, 0.15) is 10.5 Å². The number of benzene rings is 1. The molecular weight excluding hydrogens is 247 g/mol. The predicted molar refractivity (Wildman–Crippen MR) is 60.6 cm³/mol. The van der Waals surface area contributed by atoms with Gasteiger partial charge in [-0.3, -0.25) is 0 Å². The summed E-state index contributed by atoms with van der Waals surface area (Å²) in [6, 6.07) is 5.72. The standard InChI is InChI=1S/C11H8ClFN2O2/c1-15-8(11(16)17)9(12)14-10(15)6-3-2-4-7(13)5-6/h2-5H,1H3,(H,16,17). The summed E-state index contributed by atoms with van der Waals surface area (Å²) < 4.78 is 14.4. The maximum absolute atomic E-state index is 13.1. The van der Waals surface area contributed by atoms with E-state index in [4.69, 9.17) is 16.7 Å². The van der Waals surface area contributed by atoms with Gasteiger partial charge in [0.05, 0.1) is 0 Å². The highest BCUT2D eigenvalue weighted by molar-refractivity contribution is 6.32. The molecule has 0 fully saturated rings. The molecule has 0 aliphatic rings. The normalized spacial score (nSPS) is 10.5. The Morgan fingerprint density at radius 2 is 2.24 bits per heavy atom. The number of rotatable bonds is 2. The summed E-state index contributed by atoms with van der Waals surface area (Å²) in [4.78, 5) is 14.9. The fourth-order valence-electron chi connectivity index (χ4n) is 1.58. The van der Waals surface area contributed by atoms with Crippen molar-refractivity contribution in [2.75, 3.05) is 0 Å². The highest BCUT2D eigenvalue weighted by atomic mass is 35.5. The molecule has 0 aliphatic heterocycles. The lowest BCUT2D eigenvalue weighted by molar-refractivity contribution is 0.0687. The van der Waals surface area contributed by atoms with Gasteiger partial charge in [0.15, 0.2) is 10.8 Å². The molecule has 1 N–H and O–H groups in total. The van der Waals surface area contributed by atoms with Crippen molar-refractivity contribution in [3.8, 4) is 11.4 Å². The molecule has 0 bridgehead atoms. The number of hydrogen-bond acceptors (Lipinski definition) is 2. The summed E-state index contributed by atoms with van der Waals surface area (Å²) in [7, 11) is 1.52. The number of carboxylic acids is 1. The number of carbonyl (C=O) groups is 1. The van der Waals surface area contributed by atoms with Crippen LogP contribution in [-0.2, 0) is 7.05 Å². The van der Waals surface area contributed by atoms with Crippen molar-refractivity contribution in [2.24, 2.45) is 7.05 Å². The number of aromatic nitrogens is 2. The van der Waals surface area contributed by atoms with E-state index >= 15 is 0 Å². The van der Waals surface area contributed by atoms with E-state index in [0.29, 0.717) is 11.4 Å². The Kier molecular flexibility index (Phi) is 2.85. The molecule has 88 valence electrons. The lowest BCUT2D eigenvalue weighted by atomic mass is 10.2. The molecule has 0 saturated carbocycles. The Morgan fingerprint density at radius 1 is 1.53 bits per heavy atom. The van der Waals surface area contributed by atoms with Crippen molar-refractivity contribution in [3.05, 3.63) is 40.9 Å². The Hall–Kier alpha value is -1.88. The molecule has 0 saturated heterocycles. The molecular formula is C11H8ClFN2O2. The Balaban J connectivity index is 2.62.